The zero-order chi connectivity index (χ0) is 18.8. The number of nitriles is 1. The second kappa shape index (κ2) is 6.10. The van der Waals surface area contributed by atoms with Crippen LogP contribution in [0.4, 0.5) is 4.39 Å². The van der Waals surface area contributed by atoms with Crippen LogP contribution in [0.25, 0.3) is 0 Å². The highest BCUT2D eigenvalue weighted by Crippen LogP contribution is 2.62. The molecule has 0 amide bonds. The number of ketones is 1. The molecule has 4 aliphatic carbocycles. The Morgan fingerprint density at radius 1 is 1.19 bits per heavy atom. The van der Waals surface area contributed by atoms with Gasteiger partial charge in [-0.15, -0.1) is 0 Å². The van der Waals surface area contributed by atoms with Crippen molar-refractivity contribution in [3.8, 4) is 6.07 Å². The quantitative estimate of drug-likeness (QED) is 0.835. The average Bonchev–Trinajstić information content (AvgIpc) is 2.96. The first-order valence-electron chi connectivity index (χ1n) is 9.85. The van der Waals surface area contributed by atoms with E-state index in [2.05, 4.69) is 6.07 Å². The summed E-state index contributed by atoms with van der Waals surface area (Å²) in [5.41, 5.74) is 7.01. The number of nitrogens with zero attached hydrogens (tertiary/aromatic N) is 1. The molecule has 2 atom stereocenters. The Labute approximate surface area is 163 Å². The summed E-state index contributed by atoms with van der Waals surface area (Å²) in [6.07, 6.45) is 6.82. The van der Waals surface area contributed by atoms with Gasteiger partial charge >= 0.3 is 0 Å². The number of Topliss-reactive ketones (excluding diaryl/α,β-unsaturated/α-hetero) is 1. The maximum Gasteiger partial charge on any atom is 0.153 e. The van der Waals surface area contributed by atoms with Gasteiger partial charge in [0.2, 0.25) is 0 Å². The maximum absolute atomic E-state index is 13.9. The first-order chi connectivity index (χ1) is 13.0. The van der Waals surface area contributed by atoms with E-state index in [1.165, 1.54) is 43.2 Å². The van der Waals surface area contributed by atoms with E-state index < -0.39 is 11.2 Å². The molecule has 1 aromatic rings. The van der Waals surface area contributed by atoms with E-state index in [1.54, 1.807) is 6.07 Å². The van der Waals surface area contributed by atoms with Gasteiger partial charge in [-0.2, -0.15) is 5.26 Å². The van der Waals surface area contributed by atoms with Crippen molar-refractivity contribution >= 4 is 17.5 Å². The highest BCUT2D eigenvalue weighted by Gasteiger charge is 2.57. The van der Waals surface area contributed by atoms with Crippen molar-refractivity contribution in [2.75, 3.05) is 0 Å². The second-order valence-corrected chi connectivity index (χ2v) is 10.2. The summed E-state index contributed by atoms with van der Waals surface area (Å²) in [5, 5.41) is 9.69. The summed E-state index contributed by atoms with van der Waals surface area (Å²) < 4.78 is 13.9. The molecule has 0 spiro atoms. The number of carbonyl (C=O) groups is 1. The molecule has 140 valence electrons. The minimum Gasteiger partial charge on any atom is -0.393 e. The summed E-state index contributed by atoms with van der Waals surface area (Å²) in [6, 6.07) is 8.49. The van der Waals surface area contributed by atoms with Gasteiger partial charge in [-0.1, -0.05) is 23.9 Å². The zero-order valence-corrected chi connectivity index (χ0v) is 16.0. The lowest BCUT2D eigenvalue weighted by atomic mass is 9.48. The second-order valence-electron chi connectivity index (χ2n) is 9.02. The van der Waals surface area contributed by atoms with Crippen molar-refractivity contribution in [1.29, 1.82) is 5.26 Å². The van der Waals surface area contributed by atoms with Crippen LogP contribution in [0.3, 0.4) is 0 Å². The fourth-order valence-corrected chi connectivity index (χ4v) is 8.02. The average molecular weight is 383 g/mol. The minimum absolute atomic E-state index is 0.247. The molecule has 6 rings (SSSR count). The number of hydrogen-bond acceptors (Lipinski definition) is 4. The first-order valence-corrected chi connectivity index (χ1v) is 10.7. The lowest BCUT2D eigenvalue weighted by molar-refractivity contribution is -0.143. The normalized spacial score (nSPS) is 39.6. The number of thioether (sulfide) groups is 1. The molecule has 3 nitrogen and oxygen atoms in total. The number of carbonyl (C=O) groups excluding carboxylic acids is 1. The van der Waals surface area contributed by atoms with Gasteiger partial charge in [-0.25, -0.2) is 4.39 Å². The predicted octanol–water partition coefficient (Wildman–Crippen LogP) is 4.50. The van der Waals surface area contributed by atoms with E-state index in [0.717, 1.165) is 19.3 Å². The lowest BCUT2D eigenvalue weighted by Gasteiger charge is -2.56. The van der Waals surface area contributed by atoms with Crippen LogP contribution in [-0.2, 0) is 4.79 Å². The van der Waals surface area contributed by atoms with E-state index in [0.29, 0.717) is 33.9 Å². The summed E-state index contributed by atoms with van der Waals surface area (Å²) >= 11 is 1.33. The van der Waals surface area contributed by atoms with E-state index in [-0.39, 0.29) is 17.0 Å². The number of halogens is 1. The maximum atomic E-state index is 13.9. The SMILES string of the molecule is N#CC1=C(N)S[C@@H](C(=O)C23CC4CC(CC(C4)C2)C3)[C@H]1c1cccc(F)c1. The lowest BCUT2D eigenvalue weighted by Crippen LogP contribution is -2.52. The molecular weight excluding hydrogens is 359 g/mol. The smallest absolute Gasteiger partial charge is 0.153 e. The number of benzene rings is 1. The van der Waals surface area contributed by atoms with Gasteiger partial charge in [-0.3, -0.25) is 4.79 Å². The van der Waals surface area contributed by atoms with Crippen LogP contribution in [0.2, 0.25) is 0 Å². The van der Waals surface area contributed by atoms with Gasteiger partial charge < -0.3 is 5.73 Å². The monoisotopic (exact) mass is 382 g/mol. The van der Waals surface area contributed by atoms with Crippen LogP contribution in [0, 0.1) is 40.3 Å². The van der Waals surface area contributed by atoms with Gasteiger partial charge in [0.1, 0.15) is 5.82 Å². The molecule has 5 aliphatic rings. The number of hydrogen-bond donors (Lipinski definition) is 1. The van der Waals surface area contributed by atoms with E-state index in [1.807, 2.05) is 6.07 Å². The van der Waals surface area contributed by atoms with Crippen molar-refractivity contribution in [3.05, 3.63) is 46.2 Å². The molecule has 0 aromatic heterocycles. The standard InChI is InChI=1S/C22H23FN2OS/c23-16-3-1-2-15(7-16)18-17(11-24)21(25)27-19(18)20(26)22-8-12-4-13(9-22)6-14(5-12)10-22/h1-3,7,12-14,18-19H,4-6,8-10,25H2/t12?,13?,14?,18-,19+,22?/m0/s1. The summed E-state index contributed by atoms with van der Waals surface area (Å²) in [7, 11) is 0. The Kier molecular flexibility index (Phi) is 3.91. The molecule has 1 aliphatic heterocycles. The third-order valence-corrected chi connectivity index (χ3v) is 8.49. The van der Waals surface area contributed by atoms with Gasteiger partial charge in [0, 0.05) is 11.3 Å². The Morgan fingerprint density at radius 2 is 1.81 bits per heavy atom. The molecule has 4 saturated carbocycles. The van der Waals surface area contributed by atoms with Crippen molar-refractivity contribution in [2.24, 2.45) is 28.9 Å². The van der Waals surface area contributed by atoms with E-state index >= 15 is 0 Å². The zero-order valence-electron chi connectivity index (χ0n) is 15.2. The number of rotatable bonds is 3. The Bertz CT molecular complexity index is 851. The van der Waals surface area contributed by atoms with Gasteiger partial charge in [0.25, 0.3) is 0 Å². The van der Waals surface area contributed by atoms with Crippen LogP contribution in [0.5, 0.6) is 0 Å². The van der Waals surface area contributed by atoms with Crippen molar-refractivity contribution < 1.29 is 9.18 Å². The molecule has 0 saturated heterocycles. The minimum atomic E-state index is -0.434. The predicted molar refractivity (Wildman–Crippen MR) is 103 cm³/mol. The van der Waals surface area contributed by atoms with Crippen molar-refractivity contribution in [1.82, 2.24) is 0 Å². The molecule has 4 fully saturated rings. The van der Waals surface area contributed by atoms with Gasteiger partial charge in [-0.05, 0) is 74.0 Å². The molecule has 1 heterocycles. The largest absolute Gasteiger partial charge is 0.393 e. The molecule has 2 N–H and O–H groups in total. The Morgan fingerprint density at radius 3 is 2.37 bits per heavy atom. The fourth-order valence-electron chi connectivity index (χ4n) is 6.66. The molecule has 0 unspecified atom stereocenters. The van der Waals surface area contributed by atoms with Gasteiger partial charge in [0.15, 0.2) is 5.78 Å². The summed E-state index contributed by atoms with van der Waals surface area (Å²) in [4.78, 5) is 13.9. The Hall–Kier alpha value is -1.80. The number of nitrogens with two attached hydrogens (primary N) is 1. The first kappa shape index (κ1) is 17.3. The van der Waals surface area contributed by atoms with Crippen molar-refractivity contribution in [3.63, 3.8) is 0 Å². The third-order valence-electron chi connectivity index (χ3n) is 7.28. The summed E-state index contributed by atoms with van der Waals surface area (Å²) in [6.45, 7) is 0. The van der Waals surface area contributed by atoms with Crippen LogP contribution >= 0.6 is 11.8 Å². The van der Waals surface area contributed by atoms with E-state index in [4.69, 9.17) is 5.73 Å². The Balaban J connectivity index is 1.52. The fraction of sp³-hybridized carbons (Fsp3) is 0.545. The molecule has 5 heteroatoms. The molecule has 1 aromatic carbocycles. The van der Waals surface area contributed by atoms with Crippen LogP contribution in [-0.4, -0.2) is 11.0 Å². The van der Waals surface area contributed by atoms with Gasteiger partial charge in [0.05, 0.1) is 21.9 Å². The van der Waals surface area contributed by atoms with E-state index in [9.17, 15) is 14.4 Å². The van der Waals surface area contributed by atoms with Crippen LogP contribution in [0.15, 0.2) is 34.9 Å². The highest BCUT2D eigenvalue weighted by molar-refractivity contribution is 8.04. The van der Waals surface area contributed by atoms with Crippen molar-refractivity contribution in [2.45, 2.75) is 49.7 Å². The molecule has 27 heavy (non-hydrogen) atoms. The van der Waals surface area contributed by atoms with Crippen LogP contribution < -0.4 is 5.73 Å². The molecule has 4 bridgehead atoms. The highest BCUT2D eigenvalue weighted by atomic mass is 32.2. The van der Waals surface area contributed by atoms with Crippen LogP contribution in [0.1, 0.15) is 50.0 Å². The molecule has 0 radical (unpaired) electrons. The number of allylic oxidation sites excluding steroid dienone is 1. The molecular formula is C22H23FN2OS. The summed E-state index contributed by atoms with van der Waals surface area (Å²) in [5.74, 6) is 1.52. The topological polar surface area (TPSA) is 66.9 Å². The third kappa shape index (κ3) is 2.64.